The summed E-state index contributed by atoms with van der Waals surface area (Å²) in [6, 6.07) is 3.90. The molecule has 0 spiro atoms. The first kappa shape index (κ1) is 10.8. The van der Waals surface area contributed by atoms with Crippen molar-refractivity contribution in [2.75, 3.05) is 0 Å². The third-order valence-electron chi connectivity index (χ3n) is 2.86. The van der Waals surface area contributed by atoms with Crippen molar-refractivity contribution in [3.05, 3.63) is 40.2 Å². The van der Waals surface area contributed by atoms with Crippen LogP contribution in [0.25, 0.3) is 0 Å². The predicted molar refractivity (Wildman–Crippen MR) is 60.9 cm³/mol. The van der Waals surface area contributed by atoms with Gasteiger partial charge in [0.15, 0.2) is 5.82 Å². The highest BCUT2D eigenvalue weighted by Gasteiger charge is 2.16. The minimum atomic E-state index is -0.321. The van der Waals surface area contributed by atoms with Gasteiger partial charge in [-0.05, 0) is 43.0 Å². The normalized spacial score (nSPS) is 12.8. The van der Waals surface area contributed by atoms with Crippen molar-refractivity contribution < 1.29 is 0 Å². The number of hydrogen-bond acceptors (Lipinski definition) is 4. The highest BCUT2D eigenvalue weighted by Crippen LogP contribution is 2.22. The Balaban J connectivity index is 2.44. The van der Waals surface area contributed by atoms with Crippen LogP contribution in [0.4, 0.5) is 0 Å². The van der Waals surface area contributed by atoms with Crippen molar-refractivity contribution in [3.8, 4) is 0 Å². The number of benzene rings is 1. The Labute approximate surface area is 94.1 Å². The van der Waals surface area contributed by atoms with Gasteiger partial charge in [-0.3, -0.25) is 0 Å². The number of tetrazole rings is 1. The molecule has 16 heavy (non-hydrogen) atoms. The van der Waals surface area contributed by atoms with E-state index >= 15 is 0 Å². The van der Waals surface area contributed by atoms with E-state index in [1.54, 1.807) is 0 Å². The smallest absolute Gasteiger partial charge is 0.195 e. The summed E-state index contributed by atoms with van der Waals surface area (Å²) in [6.07, 6.45) is 0. The number of nitrogens with two attached hydrogens (primary N) is 1. The fraction of sp³-hybridized carbons (Fsp3) is 0.364. The third-order valence-corrected chi connectivity index (χ3v) is 2.86. The van der Waals surface area contributed by atoms with Crippen LogP contribution in [0.15, 0.2) is 12.1 Å². The largest absolute Gasteiger partial charge is 0.318 e. The third kappa shape index (κ3) is 1.81. The van der Waals surface area contributed by atoms with Crippen LogP contribution in [-0.2, 0) is 0 Å². The van der Waals surface area contributed by atoms with Gasteiger partial charge < -0.3 is 5.73 Å². The molecule has 5 nitrogen and oxygen atoms in total. The fourth-order valence-corrected chi connectivity index (χ4v) is 1.76. The van der Waals surface area contributed by atoms with Crippen molar-refractivity contribution >= 4 is 0 Å². The molecular formula is C11H15N5. The Hall–Kier alpha value is -1.75. The van der Waals surface area contributed by atoms with E-state index in [1.165, 1.54) is 11.1 Å². The second-order valence-electron chi connectivity index (χ2n) is 4.04. The first-order valence-electron chi connectivity index (χ1n) is 5.16. The van der Waals surface area contributed by atoms with Gasteiger partial charge in [0.2, 0.25) is 0 Å². The average molecular weight is 217 g/mol. The number of hydrogen-bond donors (Lipinski definition) is 2. The van der Waals surface area contributed by atoms with Crippen LogP contribution in [0.1, 0.15) is 34.1 Å². The highest BCUT2D eigenvalue weighted by atomic mass is 15.5. The molecule has 0 radical (unpaired) electrons. The van der Waals surface area contributed by atoms with Gasteiger partial charge in [-0.15, -0.1) is 10.2 Å². The Bertz CT molecular complexity index is 489. The lowest BCUT2D eigenvalue weighted by molar-refractivity contribution is 0.777. The summed E-state index contributed by atoms with van der Waals surface area (Å²) in [5.41, 5.74) is 10.8. The van der Waals surface area contributed by atoms with Crippen LogP contribution in [-0.4, -0.2) is 20.6 Å². The molecule has 5 heteroatoms. The van der Waals surface area contributed by atoms with E-state index in [0.29, 0.717) is 5.82 Å². The van der Waals surface area contributed by atoms with Crippen LogP contribution in [0.3, 0.4) is 0 Å². The first-order valence-corrected chi connectivity index (χ1v) is 5.16. The average Bonchev–Trinajstić information content (AvgIpc) is 2.75. The molecule has 0 amide bonds. The van der Waals surface area contributed by atoms with E-state index in [-0.39, 0.29) is 6.04 Å². The van der Waals surface area contributed by atoms with Gasteiger partial charge in [0.1, 0.15) is 0 Å². The van der Waals surface area contributed by atoms with E-state index in [2.05, 4.69) is 46.6 Å². The Morgan fingerprint density at radius 3 is 2.44 bits per heavy atom. The van der Waals surface area contributed by atoms with E-state index < -0.39 is 0 Å². The molecular weight excluding hydrogens is 202 g/mol. The first-order chi connectivity index (χ1) is 7.59. The maximum absolute atomic E-state index is 6.10. The molecule has 1 aromatic carbocycles. The molecule has 1 aromatic heterocycles. The van der Waals surface area contributed by atoms with E-state index in [0.717, 1.165) is 11.1 Å². The zero-order chi connectivity index (χ0) is 11.7. The second-order valence-corrected chi connectivity index (χ2v) is 4.04. The minimum Gasteiger partial charge on any atom is -0.318 e. The summed E-state index contributed by atoms with van der Waals surface area (Å²) in [4.78, 5) is 0. The molecule has 0 saturated heterocycles. The molecule has 3 N–H and O–H groups in total. The lowest BCUT2D eigenvalue weighted by Crippen LogP contribution is -2.15. The summed E-state index contributed by atoms with van der Waals surface area (Å²) in [7, 11) is 0. The van der Waals surface area contributed by atoms with Gasteiger partial charge in [0.05, 0.1) is 6.04 Å². The maximum atomic E-state index is 6.10. The van der Waals surface area contributed by atoms with Crippen molar-refractivity contribution in [2.45, 2.75) is 26.8 Å². The number of aryl methyl sites for hydroxylation is 3. The highest BCUT2D eigenvalue weighted by molar-refractivity contribution is 5.39. The number of aromatic amines is 1. The van der Waals surface area contributed by atoms with E-state index in [4.69, 9.17) is 5.73 Å². The zero-order valence-corrected chi connectivity index (χ0v) is 9.65. The summed E-state index contributed by atoms with van der Waals surface area (Å²) >= 11 is 0. The number of H-pyrrole nitrogens is 1. The molecule has 0 bridgehead atoms. The minimum absolute atomic E-state index is 0.321. The number of nitrogens with zero attached hydrogens (tertiary/aromatic N) is 3. The van der Waals surface area contributed by atoms with Crippen LogP contribution < -0.4 is 5.73 Å². The Morgan fingerprint density at radius 1 is 1.12 bits per heavy atom. The standard InChI is InChI=1S/C11H15N5/c1-6-4-8(3)9(5-7(6)2)10(12)11-13-15-16-14-11/h4-5,10H,12H2,1-3H3,(H,13,14,15,16). The number of rotatable bonds is 2. The van der Waals surface area contributed by atoms with Gasteiger partial charge in [-0.1, -0.05) is 17.3 Å². The summed E-state index contributed by atoms with van der Waals surface area (Å²) in [6.45, 7) is 6.20. The van der Waals surface area contributed by atoms with Crippen LogP contribution in [0.2, 0.25) is 0 Å². The van der Waals surface area contributed by atoms with E-state index in [9.17, 15) is 0 Å². The van der Waals surface area contributed by atoms with Gasteiger partial charge in [0.25, 0.3) is 0 Å². The molecule has 1 unspecified atom stereocenters. The second kappa shape index (κ2) is 4.02. The topological polar surface area (TPSA) is 80.5 Å². The zero-order valence-electron chi connectivity index (χ0n) is 9.65. The lowest BCUT2D eigenvalue weighted by Gasteiger charge is -2.13. The molecule has 1 heterocycles. The molecule has 84 valence electrons. The Kier molecular flexibility index (Phi) is 2.70. The van der Waals surface area contributed by atoms with Crippen molar-refractivity contribution in [1.82, 2.24) is 20.6 Å². The molecule has 0 aliphatic heterocycles. The number of nitrogens with one attached hydrogen (secondary N) is 1. The summed E-state index contributed by atoms with van der Waals surface area (Å²) in [5.74, 6) is 0.520. The molecule has 0 saturated carbocycles. The molecule has 2 aromatic rings. The van der Waals surface area contributed by atoms with E-state index in [1.807, 2.05) is 6.92 Å². The quantitative estimate of drug-likeness (QED) is 0.791. The monoisotopic (exact) mass is 217 g/mol. The van der Waals surface area contributed by atoms with Crippen molar-refractivity contribution in [3.63, 3.8) is 0 Å². The van der Waals surface area contributed by atoms with Gasteiger partial charge >= 0.3 is 0 Å². The summed E-state index contributed by atoms with van der Waals surface area (Å²) < 4.78 is 0. The van der Waals surface area contributed by atoms with Crippen LogP contribution in [0, 0.1) is 20.8 Å². The van der Waals surface area contributed by atoms with Crippen LogP contribution >= 0.6 is 0 Å². The van der Waals surface area contributed by atoms with Gasteiger partial charge in [-0.2, -0.15) is 5.21 Å². The van der Waals surface area contributed by atoms with Crippen molar-refractivity contribution in [1.29, 1.82) is 0 Å². The molecule has 1 atom stereocenters. The van der Waals surface area contributed by atoms with Gasteiger partial charge in [-0.25, -0.2) is 0 Å². The predicted octanol–water partition coefficient (Wildman–Crippen LogP) is 1.17. The lowest BCUT2D eigenvalue weighted by atomic mass is 9.96. The SMILES string of the molecule is Cc1cc(C)c(C(N)c2nn[nH]n2)cc1C. The number of aromatic nitrogens is 4. The van der Waals surface area contributed by atoms with Crippen LogP contribution in [0.5, 0.6) is 0 Å². The van der Waals surface area contributed by atoms with Gasteiger partial charge in [0, 0.05) is 0 Å². The molecule has 0 aliphatic rings. The fourth-order valence-electron chi connectivity index (χ4n) is 1.76. The molecule has 0 fully saturated rings. The summed E-state index contributed by atoms with van der Waals surface area (Å²) in [5, 5.41) is 13.8. The maximum Gasteiger partial charge on any atom is 0.195 e. The van der Waals surface area contributed by atoms with Crippen molar-refractivity contribution in [2.24, 2.45) is 5.73 Å². The molecule has 2 rings (SSSR count). The molecule has 0 aliphatic carbocycles. The Morgan fingerprint density at radius 2 is 1.81 bits per heavy atom.